The summed E-state index contributed by atoms with van der Waals surface area (Å²) in [6.07, 6.45) is -0.445. The van der Waals surface area contributed by atoms with E-state index in [-0.39, 0.29) is 11.6 Å². The van der Waals surface area contributed by atoms with Crippen molar-refractivity contribution in [2.24, 2.45) is 0 Å². The molecule has 0 bridgehead atoms. The first kappa shape index (κ1) is 22.1. The van der Waals surface area contributed by atoms with Crippen LogP contribution in [0.3, 0.4) is 0 Å². The Morgan fingerprint density at radius 3 is 2.42 bits per heavy atom. The highest BCUT2D eigenvalue weighted by Crippen LogP contribution is 2.31. The van der Waals surface area contributed by atoms with E-state index in [9.17, 15) is 21.6 Å². The van der Waals surface area contributed by atoms with E-state index in [4.69, 9.17) is 4.74 Å². The third-order valence-corrected chi connectivity index (χ3v) is 5.48. The number of halogens is 3. The van der Waals surface area contributed by atoms with Crippen molar-refractivity contribution >= 4 is 15.7 Å². The standard InChI is InChI=1S/C20H14F3N5O4S/c21-20(22,23)32-16-4-1-2-5-17(16)33(29,30)27-14-6-8-15(9-7-14)31-19-12-18(24-13-25-19)28-11-3-10-26-28/h1-13,27H. The molecule has 0 amide bonds. The van der Waals surface area contributed by atoms with Crippen molar-refractivity contribution in [2.75, 3.05) is 4.72 Å². The van der Waals surface area contributed by atoms with Gasteiger partial charge in [0.1, 0.15) is 22.7 Å². The van der Waals surface area contributed by atoms with Crippen molar-refractivity contribution in [3.63, 3.8) is 0 Å². The lowest BCUT2D eigenvalue weighted by molar-refractivity contribution is -0.275. The highest BCUT2D eigenvalue weighted by Gasteiger charge is 2.34. The molecule has 4 aromatic rings. The minimum Gasteiger partial charge on any atom is -0.439 e. The molecule has 0 saturated heterocycles. The van der Waals surface area contributed by atoms with Crippen LogP contribution in [-0.2, 0) is 10.0 Å². The average molecular weight is 477 g/mol. The lowest BCUT2D eigenvalue weighted by Crippen LogP contribution is -2.20. The number of nitrogens with one attached hydrogen (secondary N) is 1. The second kappa shape index (κ2) is 8.78. The molecular weight excluding hydrogens is 463 g/mol. The van der Waals surface area contributed by atoms with E-state index in [1.807, 2.05) is 0 Å². The molecule has 33 heavy (non-hydrogen) atoms. The van der Waals surface area contributed by atoms with Crippen LogP contribution in [0.1, 0.15) is 0 Å². The molecule has 0 unspecified atom stereocenters. The van der Waals surface area contributed by atoms with Crippen molar-refractivity contribution in [1.82, 2.24) is 19.7 Å². The van der Waals surface area contributed by atoms with Gasteiger partial charge in [0.15, 0.2) is 5.82 Å². The number of ether oxygens (including phenoxy) is 2. The Labute approximate surface area is 185 Å². The predicted molar refractivity (Wildman–Crippen MR) is 110 cm³/mol. The lowest BCUT2D eigenvalue weighted by atomic mass is 10.3. The molecule has 0 aliphatic rings. The Morgan fingerprint density at radius 1 is 0.970 bits per heavy atom. The Hall–Kier alpha value is -4.13. The fourth-order valence-electron chi connectivity index (χ4n) is 2.72. The number of anilines is 1. The van der Waals surface area contributed by atoms with E-state index in [1.165, 1.54) is 47.4 Å². The molecule has 170 valence electrons. The summed E-state index contributed by atoms with van der Waals surface area (Å²) in [4.78, 5) is 7.44. The molecule has 2 aromatic carbocycles. The zero-order valence-electron chi connectivity index (χ0n) is 16.5. The summed E-state index contributed by atoms with van der Waals surface area (Å²) in [6, 6.07) is 13.4. The van der Waals surface area contributed by atoms with Gasteiger partial charge in [-0.05, 0) is 42.5 Å². The van der Waals surface area contributed by atoms with Crippen molar-refractivity contribution in [3.05, 3.63) is 79.4 Å². The molecule has 0 radical (unpaired) electrons. The summed E-state index contributed by atoms with van der Waals surface area (Å²) in [7, 11) is -4.36. The predicted octanol–water partition coefficient (Wildman–Crippen LogP) is 4.15. The maximum absolute atomic E-state index is 12.6. The summed E-state index contributed by atoms with van der Waals surface area (Å²) in [5.74, 6) is 0.203. The first-order valence-electron chi connectivity index (χ1n) is 9.17. The fraction of sp³-hybridized carbons (Fsp3) is 0.0500. The molecule has 1 N–H and O–H groups in total. The highest BCUT2D eigenvalue weighted by molar-refractivity contribution is 7.92. The number of para-hydroxylation sites is 1. The number of nitrogens with zero attached hydrogens (tertiary/aromatic N) is 4. The normalized spacial score (nSPS) is 11.7. The molecule has 0 aliphatic heterocycles. The minimum absolute atomic E-state index is 0.101. The number of sulfonamides is 1. The van der Waals surface area contributed by atoms with Gasteiger partial charge >= 0.3 is 6.36 Å². The van der Waals surface area contributed by atoms with E-state index in [0.717, 1.165) is 12.1 Å². The summed E-state index contributed by atoms with van der Waals surface area (Å²) >= 11 is 0. The van der Waals surface area contributed by atoms with Crippen LogP contribution in [0.2, 0.25) is 0 Å². The van der Waals surface area contributed by atoms with E-state index >= 15 is 0 Å². The number of benzene rings is 2. The van der Waals surface area contributed by atoms with Crippen molar-refractivity contribution in [2.45, 2.75) is 11.3 Å². The van der Waals surface area contributed by atoms with E-state index in [2.05, 4.69) is 24.5 Å². The van der Waals surface area contributed by atoms with Crippen LogP contribution in [0.15, 0.2) is 84.3 Å². The van der Waals surface area contributed by atoms with E-state index < -0.39 is 27.0 Å². The van der Waals surface area contributed by atoms with Gasteiger partial charge in [0.25, 0.3) is 10.0 Å². The Morgan fingerprint density at radius 2 is 1.73 bits per heavy atom. The third-order valence-electron chi connectivity index (χ3n) is 4.06. The Bertz CT molecular complexity index is 1340. The van der Waals surface area contributed by atoms with E-state index in [0.29, 0.717) is 11.6 Å². The molecule has 4 rings (SSSR count). The maximum Gasteiger partial charge on any atom is 0.573 e. The number of hydrogen-bond acceptors (Lipinski definition) is 7. The van der Waals surface area contributed by atoms with Crippen molar-refractivity contribution in [3.8, 4) is 23.2 Å². The van der Waals surface area contributed by atoms with Gasteiger partial charge in [-0.2, -0.15) is 5.10 Å². The zero-order chi connectivity index (χ0) is 23.5. The van der Waals surface area contributed by atoms with Crippen molar-refractivity contribution in [1.29, 1.82) is 0 Å². The largest absolute Gasteiger partial charge is 0.573 e. The van der Waals surface area contributed by atoms with Gasteiger partial charge in [0.05, 0.1) is 0 Å². The molecule has 13 heteroatoms. The smallest absolute Gasteiger partial charge is 0.439 e. The molecule has 0 fully saturated rings. The van der Waals surface area contributed by atoms with Gasteiger partial charge in [-0.25, -0.2) is 23.1 Å². The van der Waals surface area contributed by atoms with E-state index in [1.54, 1.807) is 24.5 Å². The van der Waals surface area contributed by atoms with Crippen LogP contribution < -0.4 is 14.2 Å². The minimum atomic E-state index is -5.04. The number of aromatic nitrogens is 4. The molecule has 0 atom stereocenters. The highest BCUT2D eigenvalue weighted by atomic mass is 32.2. The monoisotopic (exact) mass is 477 g/mol. The van der Waals surface area contributed by atoms with Gasteiger partial charge in [-0.15, -0.1) is 13.2 Å². The van der Waals surface area contributed by atoms with Crippen LogP contribution in [0.5, 0.6) is 17.4 Å². The third kappa shape index (κ3) is 5.57. The Balaban J connectivity index is 1.49. The van der Waals surface area contributed by atoms with Crippen LogP contribution in [0.25, 0.3) is 5.82 Å². The first-order chi connectivity index (χ1) is 15.7. The molecule has 0 saturated carbocycles. The SMILES string of the molecule is O=S(=O)(Nc1ccc(Oc2cc(-n3cccn3)ncn2)cc1)c1ccccc1OC(F)(F)F. The molecular formula is C20H14F3N5O4S. The van der Waals surface area contributed by atoms with Crippen LogP contribution in [0.4, 0.5) is 18.9 Å². The topological polar surface area (TPSA) is 108 Å². The lowest BCUT2D eigenvalue weighted by Gasteiger charge is -2.14. The van der Waals surface area contributed by atoms with Crippen molar-refractivity contribution < 1.29 is 31.1 Å². The molecule has 2 heterocycles. The van der Waals surface area contributed by atoms with Crippen LogP contribution >= 0.6 is 0 Å². The van der Waals surface area contributed by atoms with Gasteiger partial charge in [0.2, 0.25) is 5.88 Å². The zero-order valence-corrected chi connectivity index (χ0v) is 17.3. The summed E-state index contributed by atoms with van der Waals surface area (Å²) in [6.45, 7) is 0. The molecule has 0 aliphatic carbocycles. The second-order valence-corrected chi connectivity index (χ2v) is 8.04. The fourth-order valence-corrected chi connectivity index (χ4v) is 3.91. The molecule has 0 spiro atoms. The second-order valence-electron chi connectivity index (χ2n) is 6.39. The van der Waals surface area contributed by atoms with Gasteiger partial charge in [0, 0.05) is 24.1 Å². The van der Waals surface area contributed by atoms with Gasteiger partial charge < -0.3 is 9.47 Å². The quantitative estimate of drug-likeness (QED) is 0.426. The first-order valence-corrected chi connectivity index (χ1v) is 10.7. The van der Waals surface area contributed by atoms with Crippen LogP contribution in [0, 0.1) is 0 Å². The summed E-state index contributed by atoms with van der Waals surface area (Å²) in [5, 5.41) is 4.07. The van der Waals surface area contributed by atoms with Gasteiger partial charge in [-0.3, -0.25) is 4.72 Å². The van der Waals surface area contributed by atoms with Crippen LogP contribution in [-0.4, -0.2) is 34.5 Å². The summed E-state index contributed by atoms with van der Waals surface area (Å²) in [5.41, 5.74) is 0.101. The number of hydrogen-bond donors (Lipinski definition) is 1. The molecule has 9 nitrogen and oxygen atoms in total. The van der Waals surface area contributed by atoms with Gasteiger partial charge in [-0.1, -0.05) is 12.1 Å². The maximum atomic E-state index is 12.6. The Kier molecular flexibility index (Phi) is 5.87. The summed E-state index contributed by atoms with van der Waals surface area (Å²) < 4.78 is 76.2. The number of alkyl halides is 3. The number of rotatable bonds is 7. The molecule has 2 aromatic heterocycles. The average Bonchev–Trinajstić information content (AvgIpc) is 3.29.